The van der Waals surface area contributed by atoms with Crippen molar-refractivity contribution >= 4 is 0 Å². The van der Waals surface area contributed by atoms with Crippen LogP contribution < -0.4 is 5.73 Å². The summed E-state index contributed by atoms with van der Waals surface area (Å²) < 4.78 is 13.2. The third-order valence-electron chi connectivity index (χ3n) is 4.73. The van der Waals surface area contributed by atoms with E-state index in [4.69, 9.17) is 5.73 Å². The van der Waals surface area contributed by atoms with Crippen molar-refractivity contribution in [1.29, 1.82) is 0 Å². The Kier molecular flexibility index (Phi) is 4.98. The topological polar surface area (TPSA) is 26.0 Å². The molecule has 1 atom stereocenters. The minimum Gasteiger partial charge on any atom is -0.327 e. The van der Waals surface area contributed by atoms with E-state index < -0.39 is 0 Å². The number of nitrogens with two attached hydrogens (primary N) is 1. The third-order valence-corrected chi connectivity index (χ3v) is 4.73. The summed E-state index contributed by atoms with van der Waals surface area (Å²) in [7, 11) is 0. The SMILES string of the molecule is CC(C)C1CCC(C(N)Cc2cccc(F)c2)CC1. The molecular weight excluding hydrogens is 237 g/mol. The van der Waals surface area contributed by atoms with E-state index in [0.29, 0.717) is 5.92 Å². The molecule has 0 amide bonds. The third kappa shape index (κ3) is 4.04. The summed E-state index contributed by atoms with van der Waals surface area (Å²) in [5.74, 6) is 2.12. The zero-order chi connectivity index (χ0) is 13.8. The molecule has 1 nitrogen and oxygen atoms in total. The van der Waals surface area contributed by atoms with E-state index in [1.165, 1.54) is 31.7 Å². The molecule has 0 bridgehead atoms. The molecule has 2 N–H and O–H groups in total. The minimum atomic E-state index is -0.159. The highest BCUT2D eigenvalue weighted by molar-refractivity contribution is 5.17. The van der Waals surface area contributed by atoms with Gasteiger partial charge in [-0.3, -0.25) is 0 Å². The number of hydrogen-bond acceptors (Lipinski definition) is 1. The van der Waals surface area contributed by atoms with Gasteiger partial charge in [0.25, 0.3) is 0 Å². The highest BCUT2D eigenvalue weighted by atomic mass is 19.1. The largest absolute Gasteiger partial charge is 0.327 e. The second-order valence-electron chi connectivity index (χ2n) is 6.42. The molecule has 0 aromatic heterocycles. The first-order chi connectivity index (χ1) is 9.06. The second kappa shape index (κ2) is 6.51. The molecule has 106 valence electrons. The molecule has 1 fully saturated rings. The lowest BCUT2D eigenvalue weighted by molar-refractivity contribution is 0.202. The molecule has 1 aliphatic carbocycles. The quantitative estimate of drug-likeness (QED) is 0.867. The molecule has 0 heterocycles. The summed E-state index contributed by atoms with van der Waals surface area (Å²) in [5, 5.41) is 0. The van der Waals surface area contributed by atoms with Crippen LogP contribution in [0, 0.1) is 23.6 Å². The fraction of sp³-hybridized carbons (Fsp3) is 0.647. The van der Waals surface area contributed by atoms with Gasteiger partial charge in [0.2, 0.25) is 0 Å². The predicted molar refractivity (Wildman–Crippen MR) is 78.4 cm³/mol. The molecule has 1 saturated carbocycles. The molecule has 1 aliphatic rings. The molecule has 2 rings (SSSR count). The lowest BCUT2D eigenvalue weighted by Crippen LogP contribution is -2.35. The van der Waals surface area contributed by atoms with E-state index in [1.807, 2.05) is 6.07 Å². The summed E-state index contributed by atoms with van der Waals surface area (Å²) in [6.45, 7) is 4.63. The first kappa shape index (κ1) is 14.5. The predicted octanol–water partition coefficient (Wildman–Crippen LogP) is 4.16. The van der Waals surface area contributed by atoms with Crippen LogP contribution in [0.15, 0.2) is 24.3 Å². The molecule has 0 saturated heterocycles. The van der Waals surface area contributed by atoms with E-state index in [0.717, 1.165) is 23.8 Å². The summed E-state index contributed by atoms with van der Waals surface area (Å²) >= 11 is 0. The molecule has 1 aromatic rings. The van der Waals surface area contributed by atoms with Crippen LogP contribution >= 0.6 is 0 Å². The molecule has 1 aromatic carbocycles. The average Bonchev–Trinajstić information content (AvgIpc) is 2.39. The Morgan fingerprint density at radius 1 is 1.16 bits per heavy atom. The van der Waals surface area contributed by atoms with Gasteiger partial charge in [0, 0.05) is 6.04 Å². The Hall–Kier alpha value is -0.890. The summed E-state index contributed by atoms with van der Waals surface area (Å²) in [5.41, 5.74) is 7.36. The van der Waals surface area contributed by atoms with Gasteiger partial charge in [-0.15, -0.1) is 0 Å². The highest BCUT2D eigenvalue weighted by Crippen LogP contribution is 2.34. The van der Waals surface area contributed by atoms with Crippen molar-refractivity contribution in [2.45, 2.75) is 52.0 Å². The van der Waals surface area contributed by atoms with E-state index >= 15 is 0 Å². The van der Waals surface area contributed by atoms with E-state index in [-0.39, 0.29) is 11.9 Å². The fourth-order valence-corrected chi connectivity index (χ4v) is 3.34. The van der Waals surface area contributed by atoms with Crippen LogP contribution in [0.5, 0.6) is 0 Å². The Labute approximate surface area is 116 Å². The molecule has 2 heteroatoms. The zero-order valence-corrected chi connectivity index (χ0v) is 12.1. The molecule has 1 unspecified atom stereocenters. The Bertz CT molecular complexity index is 394. The van der Waals surface area contributed by atoms with E-state index in [9.17, 15) is 4.39 Å². The first-order valence-electron chi connectivity index (χ1n) is 7.56. The van der Waals surface area contributed by atoms with Crippen molar-refractivity contribution in [3.05, 3.63) is 35.6 Å². The summed E-state index contributed by atoms with van der Waals surface area (Å²) in [6.07, 6.45) is 5.88. The van der Waals surface area contributed by atoms with Gasteiger partial charge >= 0.3 is 0 Å². The minimum absolute atomic E-state index is 0.159. The standard InChI is InChI=1S/C17H26FN/c1-12(2)14-6-8-15(9-7-14)17(19)11-13-4-3-5-16(18)10-13/h3-5,10,12,14-15,17H,6-9,11,19H2,1-2H3. The Balaban J connectivity index is 1.86. The number of hydrogen-bond donors (Lipinski definition) is 1. The van der Waals surface area contributed by atoms with Crippen molar-refractivity contribution in [3.63, 3.8) is 0 Å². The molecule has 0 spiro atoms. The second-order valence-corrected chi connectivity index (χ2v) is 6.42. The van der Waals surface area contributed by atoms with Crippen molar-refractivity contribution in [2.24, 2.45) is 23.5 Å². The van der Waals surface area contributed by atoms with Crippen LogP contribution in [0.25, 0.3) is 0 Å². The Morgan fingerprint density at radius 2 is 1.79 bits per heavy atom. The van der Waals surface area contributed by atoms with Crippen LogP contribution in [0.4, 0.5) is 4.39 Å². The maximum absolute atomic E-state index is 13.2. The Morgan fingerprint density at radius 3 is 2.37 bits per heavy atom. The summed E-state index contributed by atoms with van der Waals surface area (Å²) in [6, 6.07) is 7.02. The van der Waals surface area contributed by atoms with Crippen molar-refractivity contribution in [2.75, 3.05) is 0 Å². The lowest BCUT2D eigenvalue weighted by Gasteiger charge is -2.34. The molecule has 0 aliphatic heterocycles. The van der Waals surface area contributed by atoms with Crippen LogP contribution in [-0.4, -0.2) is 6.04 Å². The van der Waals surface area contributed by atoms with Crippen LogP contribution in [0.1, 0.15) is 45.1 Å². The van der Waals surface area contributed by atoms with Gasteiger partial charge in [-0.2, -0.15) is 0 Å². The van der Waals surface area contributed by atoms with Gasteiger partial charge < -0.3 is 5.73 Å². The van der Waals surface area contributed by atoms with Gasteiger partial charge in [-0.25, -0.2) is 4.39 Å². The molecule has 19 heavy (non-hydrogen) atoms. The van der Waals surface area contributed by atoms with Gasteiger partial charge in [0.15, 0.2) is 0 Å². The van der Waals surface area contributed by atoms with Crippen molar-refractivity contribution in [3.8, 4) is 0 Å². The van der Waals surface area contributed by atoms with E-state index in [2.05, 4.69) is 13.8 Å². The number of rotatable bonds is 4. The maximum Gasteiger partial charge on any atom is 0.123 e. The smallest absolute Gasteiger partial charge is 0.123 e. The van der Waals surface area contributed by atoms with Gasteiger partial charge in [0.1, 0.15) is 5.82 Å². The average molecular weight is 263 g/mol. The van der Waals surface area contributed by atoms with Gasteiger partial charge in [0.05, 0.1) is 0 Å². The number of halogens is 1. The van der Waals surface area contributed by atoms with Crippen molar-refractivity contribution < 1.29 is 4.39 Å². The zero-order valence-electron chi connectivity index (χ0n) is 12.1. The van der Waals surface area contributed by atoms with Gasteiger partial charge in [-0.1, -0.05) is 26.0 Å². The van der Waals surface area contributed by atoms with Crippen molar-refractivity contribution in [1.82, 2.24) is 0 Å². The molecular formula is C17H26FN. The monoisotopic (exact) mass is 263 g/mol. The lowest BCUT2D eigenvalue weighted by atomic mass is 9.74. The summed E-state index contributed by atoms with van der Waals surface area (Å²) in [4.78, 5) is 0. The first-order valence-corrected chi connectivity index (χ1v) is 7.56. The van der Waals surface area contributed by atoms with Gasteiger partial charge in [-0.05, 0) is 67.6 Å². The maximum atomic E-state index is 13.2. The fourth-order valence-electron chi connectivity index (χ4n) is 3.34. The van der Waals surface area contributed by atoms with Crippen LogP contribution in [-0.2, 0) is 6.42 Å². The molecule has 0 radical (unpaired) electrons. The van der Waals surface area contributed by atoms with Crippen LogP contribution in [0.3, 0.4) is 0 Å². The number of benzene rings is 1. The van der Waals surface area contributed by atoms with Crippen LogP contribution in [0.2, 0.25) is 0 Å². The van der Waals surface area contributed by atoms with E-state index in [1.54, 1.807) is 12.1 Å². The normalized spacial score (nSPS) is 25.5. The highest BCUT2D eigenvalue weighted by Gasteiger charge is 2.26.